The Balaban J connectivity index is 1.65. The monoisotopic (exact) mass is 300 g/mol. The number of nitrogens with zero attached hydrogens (tertiary/aromatic N) is 4. The molecule has 1 aliphatic rings. The van der Waals surface area contributed by atoms with Crippen LogP contribution in [0.3, 0.4) is 0 Å². The smallest absolute Gasteiger partial charge is 0.242 e. The lowest BCUT2D eigenvalue weighted by molar-refractivity contribution is -0.131. The SMILES string of the molecule is Cc1ccnc(N2CCN(Cc3ccc(F)cc3)C(=O)C2)n1. The van der Waals surface area contributed by atoms with Crippen molar-refractivity contribution < 1.29 is 9.18 Å². The molecule has 0 bridgehead atoms. The summed E-state index contributed by atoms with van der Waals surface area (Å²) >= 11 is 0. The van der Waals surface area contributed by atoms with E-state index in [2.05, 4.69) is 9.97 Å². The number of halogens is 1. The van der Waals surface area contributed by atoms with Crippen molar-refractivity contribution in [1.29, 1.82) is 0 Å². The zero-order chi connectivity index (χ0) is 15.5. The number of carbonyl (C=O) groups is 1. The van der Waals surface area contributed by atoms with E-state index in [-0.39, 0.29) is 18.3 Å². The van der Waals surface area contributed by atoms with Crippen molar-refractivity contribution >= 4 is 11.9 Å². The first-order valence-electron chi connectivity index (χ1n) is 7.18. The molecule has 0 radical (unpaired) electrons. The molecule has 0 unspecified atom stereocenters. The number of rotatable bonds is 3. The lowest BCUT2D eigenvalue weighted by Crippen LogP contribution is -2.50. The molecule has 0 N–H and O–H groups in total. The summed E-state index contributed by atoms with van der Waals surface area (Å²) in [6, 6.07) is 8.07. The zero-order valence-corrected chi connectivity index (χ0v) is 12.4. The second-order valence-electron chi connectivity index (χ2n) is 5.36. The number of benzene rings is 1. The highest BCUT2D eigenvalue weighted by Crippen LogP contribution is 2.14. The van der Waals surface area contributed by atoms with Crippen LogP contribution in [-0.2, 0) is 11.3 Å². The summed E-state index contributed by atoms with van der Waals surface area (Å²) in [4.78, 5) is 24.5. The molecule has 114 valence electrons. The average Bonchev–Trinajstić information content (AvgIpc) is 2.51. The molecule has 0 spiro atoms. The van der Waals surface area contributed by atoms with Crippen LogP contribution in [0.5, 0.6) is 0 Å². The maximum Gasteiger partial charge on any atom is 0.242 e. The normalized spacial score (nSPS) is 15.3. The minimum Gasteiger partial charge on any atom is -0.335 e. The Morgan fingerprint density at radius 3 is 2.64 bits per heavy atom. The van der Waals surface area contributed by atoms with Gasteiger partial charge in [0.05, 0.1) is 0 Å². The summed E-state index contributed by atoms with van der Waals surface area (Å²) < 4.78 is 12.9. The van der Waals surface area contributed by atoms with E-state index in [1.165, 1.54) is 12.1 Å². The van der Waals surface area contributed by atoms with E-state index in [0.717, 1.165) is 11.3 Å². The van der Waals surface area contributed by atoms with E-state index >= 15 is 0 Å². The minimum atomic E-state index is -0.267. The molecule has 2 aromatic rings. The van der Waals surface area contributed by atoms with Gasteiger partial charge in [0, 0.05) is 31.5 Å². The molecule has 1 saturated heterocycles. The van der Waals surface area contributed by atoms with Gasteiger partial charge in [0.15, 0.2) is 0 Å². The Labute approximate surface area is 128 Å². The van der Waals surface area contributed by atoms with Crippen LogP contribution in [0.1, 0.15) is 11.3 Å². The van der Waals surface area contributed by atoms with Gasteiger partial charge in [-0.3, -0.25) is 4.79 Å². The molecule has 3 rings (SSSR count). The fraction of sp³-hybridized carbons (Fsp3) is 0.312. The van der Waals surface area contributed by atoms with Gasteiger partial charge in [-0.05, 0) is 30.7 Å². The Hall–Kier alpha value is -2.50. The van der Waals surface area contributed by atoms with Crippen molar-refractivity contribution in [2.45, 2.75) is 13.5 Å². The second-order valence-corrected chi connectivity index (χ2v) is 5.36. The van der Waals surface area contributed by atoms with Crippen LogP contribution in [0, 0.1) is 12.7 Å². The van der Waals surface area contributed by atoms with Crippen molar-refractivity contribution in [2.75, 3.05) is 24.5 Å². The predicted molar refractivity (Wildman–Crippen MR) is 80.8 cm³/mol. The fourth-order valence-electron chi connectivity index (χ4n) is 2.44. The highest BCUT2D eigenvalue weighted by atomic mass is 19.1. The number of hydrogen-bond acceptors (Lipinski definition) is 4. The molecular formula is C16H17FN4O. The number of aromatic nitrogens is 2. The molecule has 0 saturated carbocycles. The highest BCUT2D eigenvalue weighted by molar-refractivity contribution is 5.82. The maximum absolute atomic E-state index is 12.9. The van der Waals surface area contributed by atoms with Gasteiger partial charge in [-0.15, -0.1) is 0 Å². The van der Waals surface area contributed by atoms with E-state index in [0.29, 0.717) is 25.6 Å². The summed E-state index contributed by atoms with van der Waals surface area (Å²) in [5.74, 6) is 0.354. The summed E-state index contributed by atoms with van der Waals surface area (Å²) in [6.45, 7) is 3.97. The van der Waals surface area contributed by atoms with E-state index in [4.69, 9.17) is 0 Å². The van der Waals surface area contributed by atoms with Crippen LogP contribution in [0.25, 0.3) is 0 Å². The summed E-state index contributed by atoms with van der Waals surface area (Å²) in [5, 5.41) is 0. The van der Waals surface area contributed by atoms with Crippen molar-refractivity contribution in [3.63, 3.8) is 0 Å². The maximum atomic E-state index is 12.9. The molecule has 1 amide bonds. The quantitative estimate of drug-likeness (QED) is 0.867. The molecular weight excluding hydrogens is 283 g/mol. The van der Waals surface area contributed by atoms with E-state index < -0.39 is 0 Å². The van der Waals surface area contributed by atoms with Gasteiger partial charge in [-0.1, -0.05) is 12.1 Å². The third-order valence-electron chi connectivity index (χ3n) is 3.67. The summed E-state index contributed by atoms with van der Waals surface area (Å²) in [6.07, 6.45) is 1.70. The van der Waals surface area contributed by atoms with Crippen LogP contribution < -0.4 is 4.90 Å². The van der Waals surface area contributed by atoms with Crippen molar-refractivity contribution in [1.82, 2.24) is 14.9 Å². The topological polar surface area (TPSA) is 49.3 Å². The number of aryl methyl sites for hydroxylation is 1. The van der Waals surface area contributed by atoms with Gasteiger partial charge < -0.3 is 9.80 Å². The van der Waals surface area contributed by atoms with Gasteiger partial charge in [-0.25, -0.2) is 14.4 Å². The number of anilines is 1. The van der Waals surface area contributed by atoms with Crippen LogP contribution in [0.2, 0.25) is 0 Å². The molecule has 1 aromatic carbocycles. The zero-order valence-electron chi connectivity index (χ0n) is 12.4. The first-order chi connectivity index (χ1) is 10.6. The number of carbonyl (C=O) groups excluding carboxylic acids is 1. The largest absolute Gasteiger partial charge is 0.335 e. The summed E-state index contributed by atoms with van der Waals surface area (Å²) in [7, 11) is 0. The van der Waals surface area contributed by atoms with Crippen molar-refractivity contribution in [3.8, 4) is 0 Å². The van der Waals surface area contributed by atoms with Gasteiger partial charge in [0.25, 0.3) is 0 Å². The number of amides is 1. The molecule has 0 aliphatic carbocycles. The lowest BCUT2D eigenvalue weighted by atomic mass is 10.2. The molecule has 6 heteroatoms. The minimum absolute atomic E-state index is 0.0284. The number of hydrogen-bond donors (Lipinski definition) is 0. The van der Waals surface area contributed by atoms with Gasteiger partial charge in [-0.2, -0.15) is 0 Å². The van der Waals surface area contributed by atoms with Crippen LogP contribution in [0.15, 0.2) is 36.5 Å². The molecule has 1 aromatic heterocycles. The van der Waals surface area contributed by atoms with E-state index in [1.54, 1.807) is 23.2 Å². The standard InChI is InChI=1S/C16H17FN4O/c1-12-6-7-18-16(19-12)21-9-8-20(15(22)11-21)10-13-2-4-14(17)5-3-13/h2-7H,8-11H2,1H3. The van der Waals surface area contributed by atoms with E-state index in [1.807, 2.05) is 17.9 Å². The second kappa shape index (κ2) is 6.09. The van der Waals surface area contributed by atoms with Crippen LogP contribution >= 0.6 is 0 Å². The van der Waals surface area contributed by atoms with E-state index in [9.17, 15) is 9.18 Å². The predicted octanol–water partition coefficient (Wildman–Crippen LogP) is 1.77. The van der Waals surface area contributed by atoms with Gasteiger partial charge in [0.2, 0.25) is 11.9 Å². The van der Waals surface area contributed by atoms with Crippen LogP contribution in [-0.4, -0.2) is 40.4 Å². The molecule has 22 heavy (non-hydrogen) atoms. The molecule has 1 fully saturated rings. The third-order valence-corrected chi connectivity index (χ3v) is 3.67. The molecule has 5 nitrogen and oxygen atoms in total. The Bertz CT molecular complexity index is 674. The Morgan fingerprint density at radius 1 is 1.18 bits per heavy atom. The Kier molecular flexibility index (Phi) is 4.00. The van der Waals surface area contributed by atoms with Gasteiger partial charge >= 0.3 is 0 Å². The first kappa shape index (κ1) is 14.4. The number of piperazine rings is 1. The summed E-state index contributed by atoms with van der Waals surface area (Å²) in [5.41, 5.74) is 1.81. The molecule has 2 heterocycles. The molecule has 1 aliphatic heterocycles. The van der Waals surface area contributed by atoms with Crippen molar-refractivity contribution in [2.24, 2.45) is 0 Å². The van der Waals surface area contributed by atoms with Gasteiger partial charge in [0.1, 0.15) is 12.4 Å². The average molecular weight is 300 g/mol. The Morgan fingerprint density at radius 2 is 1.95 bits per heavy atom. The highest BCUT2D eigenvalue weighted by Gasteiger charge is 2.25. The lowest BCUT2D eigenvalue weighted by Gasteiger charge is -2.34. The van der Waals surface area contributed by atoms with Crippen LogP contribution in [0.4, 0.5) is 10.3 Å². The third kappa shape index (κ3) is 3.21. The fourth-order valence-corrected chi connectivity index (χ4v) is 2.44. The van der Waals surface area contributed by atoms with Crippen molar-refractivity contribution in [3.05, 3.63) is 53.6 Å². The molecule has 0 atom stereocenters. The first-order valence-corrected chi connectivity index (χ1v) is 7.18.